The molecule has 148 valence electrons. The Bertz CT molecular complexity index is 1030. The molecule has 0 saturated carbocycles. The van der Waals surface area contributed by atoms with Gasteiger partial charge in [-0.05, 0) is 6.92 Å². The predicted molar refractivity (Wildman–Crippen MR) is 113 cm³/mol. The summed E-state index contributed by atoms with van der Waals surface area (Å²) in [5.74, 6) is -1.57. The van der Waals surface area contributed by atoms with Crippen LogP contribution in [0.15, 0.2) is 64.9 Å². The van der Waals surface area contributed by atoms with Crippen molar-refractivity contribution in [2.45, 2.75) is 11.1 Å². The zero-order valence-corrected chi connectivity index (χ0v) is 17.2. The zero-order chi connectivity index (χ0) is 20.8. The Kier molecular flexibility index (Phi) is 6.85. The highest BCUT2D eigenvalue weighted by molar-refractivity contribution is 8.01. The SMILES string of the molecule is CCOC(=O)c1c(SCC(=O)c2ccccc2)sc(C(=O)c2ccccc2)c1O. The van der Waals surface area contributed by atoms with E-state index >= 15 is 0 Å². The van der Waals surface area contributed by atoms with Gasteiger partial charge in [0.2, 0.25) is 5.78 Å². The Labute approximate surface area is 176 Å². The maximum absolute atomic E-state index is 12.8. The van der Waals surface area contributed by atoms with Gasteiger partial charge in [-0.1, -0.05) is 60.7 Å². The summed E-state index contributed by atoms with van der Waals surface area (Å²) < 4.78 is 5.42. The molecule has 7 heteroatoms. The van der Waals surface area contributed by atoms with Crippen LogP contribution in [0.1, 0.15) is 42.9 Å². The Hall–Kier alpha value is -2.90. The first-order chi connectivity index (χ1) is 14.0. The fourth-order valence-corrected chi connectivity index (χ4v) is 4.89. The molecule has 0 aliphatic heterocycles. The fourth-order valence-electron chi connectivity index (χ4n) is 2.60. The molecular weight excluding hydrogens is 408 g/mol. The van der Waals surface area contributed by atoms with E-state index in [1.54, 1.807) is 61.5 Å². The van der Waals surface area contributed by atoms with Crippen LogP contribution in [-0.2, 0) is 4.74 Å². The van der Waals surface area contributed by atoms with Gasteiger partial charge in [-0.2, -0.15) is 0 Å². The van der Waals surface area contributed by atoms with E-state index in [2.05, 4.69) is 0 Å². The quantitative estimate of drug-likeness (QED) is 0.315. The van der Waals surface area contributed by atoms with E-state index in [0.29, 0.717) is 15.3 Å². The molecule has 0 amide bonds. The van der Waals surface area contributed by atoms with Gasteiger partial charge in [-0.3, -0.25) is 9.59 Å². The lowest BCUT2D eigenvalue weighted by molar-refractivity contribution is 0.0520. The molecule has 1 heterocycles. The molecule has 1 N–H and O–H groups in total. The summed E-state index contributed by atoms with van der Waals surface area (Å²) in [5, 5.41) is 10.6. The molecule has 2 aromatic carbocycles. The number of thiophene rings is 1. The molecule has 0 atom stereocenters. The number of aromatic hydroxyl groups is 1. The average molecular weight is 427 g/mol. The summed E-state index contributed by atoms with van der Waals surface area (Å²) in [5.41, 5.74) is 0.886. The molecule has 3 aromatic rings. The van der Waals surface area contributed by atoms with Gasteiger partial charge >= 0.3 is 5.97 Å². The van der Waals surface area contributed by atoms with E-state index in [1.165, 1.54) is 0 Å². The van der Waals surface area contributed by atoms with Crippen molar-refractivity contribution < 1.29 is 24.2 Å². The van der Waals surface area contributed by atoms with Crippen molar-refractivity contribution in [1.82, 2.24) is 0 Å². The molecule has 0 bridgehead atoms. The number of hydrogen-bond donors (Lipinski definition) is 1. The molecular formula is C22H18O5S2. The second-order valence-corrected chi connectivity index (χ2v) is 8.20. The molecule has 3 rings (SSSR count). The monoisotopic (exact) mass is 426 g/mol. The first-order valence-corrected chi connectivity index (χ1v) is 10.7. The topological polar surface area (TPSA) is 80.7 Å². The van der Waals surface area contributed by atoms with Gasteiger partial charge in [0, 0.05) is 11.1 Å². The summed E-state index contributed by atoms with van der Waals surface area (Å²) in [6.07, 6.45) is 0. The molecule has 0 radical (unpaired) electrons. The van der Waals surface area contributed by atoms with Crippen molar-refractivity contribution in [2.75, 3.05) is 12.4 Å². The summed E-state index contributed by atoms with van der Waals surface area (Å²) in [6.45, 7) is 1.78. The van der Waals surface area contributed by atoms with Crippen LogP contribution in [0.3, 0.4) is 0 Å². The van der Waals surface area contributed by atoms with Crippen LogP contribution in [0, 0.1) is 0 Å². The van der Waals surface area contributed by atoms with Gasteiger partial charge in [-0.15, -0.1) is 23.1 Å². The Morgan fingerprint density at radius 2 is 1.55 bits per heavy atom. The second kappa shape index (κ2) is 9.54. The fraction of sp³-hybridized carbons (Fsp3) is 0.136. The molecule has 1 aromatic heterocycles. The lowest BCUT2D eigenvalue weighted by Crippen LogP contribution is -2.06. The van der Waals surface area contributed by atoms with Gasteiger partial charge in [0.1, 0.15) is 10.4 Å². The third kappa shape index (κ3) is 4.75. The third-order valence-corrected chi connectivity index (χ3v) is 6.45. The average Bonchev–Trinajstić information content (AvgIpc) is 3.09. The minimum Gasteiger partial charge on any atom is -0.505 e. The van der Waals surface area contributed by atoms with Crippen LogP contribution >= 0.6 is 23.1 Å². The van der Waals surface area contributed by atoms with E-state index < -0.39 is 11.7 Å². The van der Waals surface area contributed by atoms with Gasteiger partial charge in [0.15, 0.2) is 11.5 Å². The van der Waals surface area contributed by atoms with Crippen LogP contribution < -0.4 is 0 Å². The van der Waals surface area contributed by atoms with Crippen LogP contribution in [0.2, 0.25) is 0 Å². The van der Waals surface area contributed by atoms with Crippen molar-refractivity contribution in [3.05, 3.63) is 82.2 Å². The van der Waals surface area contributed by atoms with E-state index in [4.69, 9.17) is 4.74 Å². The van der Waals surface area contributed by atoms with E-state index in [9.17, 15) is 19.5 Å². The third-order valence-electron chi connectivity index (χ3n) is 4.00. The number of Topliss-reactive ketones (excluding diaryl/α,β-unsaturated/α-hetero) is 1. The standard InChI is InChI=1S/C22H18O5S2/c1-2-27-21(26)17-19(25)20(18(24)15-11-7-4-8-12-15)29-22(17)28-13-16(23)14-9-5-3-6-10-14/h3-12,25H,2,13H2,1H3. The maximum Gasteiger partial charge on any atom is 0.343 e. The molecule has 0 fully saturated rings. The van der Waals surface area contributed by atoms with Crippen LogP contribution in [0.4, 0.5) is 0 Å². The lowest BCUT2D eigenvalue weighted by atomic mass is 10.1. The molecule has 0 spiro atoms. The first kappa shape index (κ1) is 20.8. The summed E-state index contributed by atoms with van der Waals surface area (Å²) in [7, 11) is 0. The van der Waals surface area contributed by atoms with Crippen molar-refractivity contribution >= 4 is 40.6 Å². The van der Waals surface area contributed by atoms with Gasteiger partial charge < -0.3 is 9.84 Å². The first-order valence-electron chi connectivity index (χ1n) is 8.86. The second-order valence-electron chi connectivity index (χ2n) is 5.94. The molecule has 0 unspecified atom stereocenters. The maximum atomic E-state index is 12.8. The van der Waals surface area contributed by atoms with E-state index in [-0.39, 0.29) is 34.4 Å². The number of carbonyl (C=O) groups is 3. The van der Waals surface area contributed by atoms with E-state index in [0.717, 1.165) is 23.1 Å². The van der Waals surface area contributed by atoms with Crippen molar-refractivity contribution in [3.8, 4) is 5.75 Å². The minimum absolute atomic E-state index is 0.0499. The highest BCUT2D eigenvalue weighted by Crippen LogP contribution is 2.42. The zero-order valence-electron chi connectivity index (χ0n) is 15.6. The Morgan fingerprint density at radius 1 is 0.966 bits per heavy atom. The van der Waals surface area contributed by atoms with Crippen LogP contribution in [0.5, 0.6) is 5.75 Å². The number of rotatable bonds is 8. The lowest BCUT2D eigenvalue weighted by Gasteiger charge is -2.04. The summed E-state index contributed by atoms with van der Waals surface area (Å²) in [6, 6.07) is 17.3. The normalized spacial score (nSPS) is 10.5. The largest absolute Gasteiger partial charge is 0.505 e. The van der Waals surface area contributed by atoms with Gasteiger partial charge in [0.25, 0.3) is 0 Å². The van der Waals surface area contributed by atoms with Crippen molar-refractivity contribution in [1.29, 1.82) is 0 Å². The van der Waals surface area contributed by atoms with Crippen LogP contribution in [-0.4, -0.2) is 35.0 Å². The molecule has 5 nitrogen and oxygen atoms in total. The van der Waals surface area contributed by atoms with Crippen molar-refractivity contribution in [3.63, 3.8) is 0 Å². The molecule has 29 heavy (non-hydrogen) atoms. The predicted octanol–water partition coefficient (Wildman–Crippen LogP) is 4.84. The molecule has 0 saturated heterocycles. The highest BCUT2D eigenvalue weighted by Gasteiger charge is 2.29. The van der Waals surface area contributed by atoms with Gasteiger partial charge in [-0.25, -0.2) is 4.79 Å². The number of benzene rings is 2. The summed E-state index contributed by atoms with van der Waals surface area (Å²) in [4.78, 5) is 37.6. The molecule has 0 aliphatic rings. The number of ether oxygens (including phenoxy) is 1. The van der Waals surface area contributed by atoms with Gasteiger partial charge in [0.05, 0.1) is 16.6 Å². The smallest absolute Gasteiger partial charge is 0.343 e. The Morgan fingerprint density at radius 3 is 2.14 bits per heavy atom. The van der Waals surface area contributed by atoms with Crippen molar-refractivity contribution in [2.24, 2.45) is 0 Å². The number of esters is 1. The number of hydrogen-bond acceptors (Lipinski definition) is 7. The number of carbonyl (C=O) groups excluding carboxylic acids is 3. The summed E-state index contributed by atoms with van der Waals surface area (Å²) >= 11 is 2.10. The van der Waals surface area contributed by atoms with Crippen LogP contribution in [0.25, 0.3) is 0 Å². The van der Waals surface area contributed by atoms with E-state index in [1.807, 2.05) is 6.07 Å². The highest BCUT2D eigenvalue weighted by atomic mass is 32.2. The Balaban J connectivity index is 1.91. The molecule has 0 aliphatic carbocycles. The minimum atomic E-state index is -0.719. The number of ketones is 2. The number of thioether (sulfide) groups is 1.